The summed E-state index contributed by atoms with van der Waals surface area (Å²) in [4.78, 5) is 13.3. The second-order valence-electron chi connectivity index (χ2n) is 5.00. The van der Waals surface area contributed by atoms with Crippen LogP contribution in [0.15, 0.2) is 30.6 Å². The zero-order chi connectivity index (χ0) is 17.2. The molecule has 2 aromatic rings. The molecule has 1 N–H and O–H groups in total. The van der Waals surface area contributed by atoms with Crippen molar-refractivity contribution in [2.24, 2.45) is 7.05 Å². The minimum absolute atomic E-state index is 0.137. The highest BCUT2D eigenvalue weighted by Gasteiger charge is 2.34. The Labute approximate surface area is 129 Å². The maximum atomic E-state index is 13.2. The molecule has 2 amide bonds. The quantitative estimate of drug-likeness (QED) is 0.879. The van der Waals surface area contributed by atoms with Crippen LogP contribution in [-0.2, 0) is 19.8 Å². The Morgan fingerprint density at radius 2 is 2.09 bits per heavy atom. The molecule has 0 fully saturated rings. The number of aryl methyl sites for hydroxylation is 1. The summed E-state index contributed by atoms with van der Waals surface area (Å²) in [5.41, 5.74) is -0.799. The fourth-order valence-electron chi connectivity index (χ4n) is 1.94. The van der Waals surface area contributed by atoms with E-state index < -0.39 is 23.6 Å². The lowest BCUT2D eigenvalue weighted by atomic mass is 10.2. The van der Waals surface area contributed by atoms with Crippen molar-refractivity contribution in [3.8, 4) is 0 Å². The molecule has 0 unspecified atom stereocenters. The van der Waals surface area contributed by atoms with Gasteiger partial charge in [-0.3, -0.25) is 4.68 Å². The summed E-state index contributed by atoms with van der Waals surface area (Å²) in [7, 11) is 3.21. The molecule has 0 radical (unpaired) electrons. The molecule has 1 heterocycles. The average Bonchev–Trinajstić information content (AvgIpc) is 2.85. The highest BCUT2D eigenvalue weighted by molar-refractivity contribution is 5.89. The third-order valence-corrected chi connectivity index (χ3v) is 3.05. The number of hydrogen-bond donors (Lipinski definition) is 1. The first kappa shape index (κ1) is 16.8. The number of carbonyl (C=O) groups excluding carboxylic acids is 1. The fraction of sp³-hybridized carbons (Fsp3) is 0.286. The first-order chi connectivity index (χ1) is 10.7. The summed E-state index contributed by atoms with van der Waals surface area (Å²) in [5, 5.41) is 6.25. The Balaban J connectivity index is 2.08. The molecule has 124 valence electrons. The van der Waals surface area contributed by atoms with E-state index in [0.717, 1.165) is 11.6 Å². The van der Waals surface area contributed by atoms with Gasteiger partial charge in [-0.1, -0.05) is 0 Å². The van der Waals surface area contributed by atoms with Crippen molar-refractivity contribution in [3.63, 3.8) is 0 Å². The molecule has 0 bridgehead atoms. The third kappa shape index (κ3) is 4.21. The van der Waals surface area contributed by atoms with Crippen molar-refractivity contribution < 1.29 is 22.4 Å². The molecule has 0 atom stereocenters. The molecule has 9 heteroatoms. The lowest BCUT2D eigenvalue weighted by Crippen LogP contribution is -2.30. The summed E-state index contributed by atoms with van der Waals surface area (Å²) >= 11 is 0. The van der Waals surface area contributed by atoms with E-state index in [0.29, 0.717) is 12.1 Å². The number of halogens is 4. The minimum Gasteiger partial charge on any atom is -0.323 e. The predicted octanol–water partition coefficient (Wildman–Crippen LogP) is 3.24. The molecule has 5 nitrogen and oxygen atoms in total. The van der Waals surface area contributed by atoms with Crippen LogP contribution in [0, 0.1) is 5.82 Å². The Kier molecular flexibility index (Phi) is 4.57. The maximum Gasteiger partial charge on any atom is 0.419 e. The summed E-state index contributed by atoms with van der Waals surface area (Å²) < 4.78 is 52.7. The monoisotopic (exact) mass is 330 g/mol. The Bertz CT molecular complexity index is 711. The van der Waals surface area contributed by atoms with Crippen LogP contribution in [0.2, 0.25) is 0 Å². The van der Waals surface area contributed by atoms with Crippen LogP contribution in [0.4, 0.5) is 28.0 Å². The summed E-state index contributed by atoms with van der Waals surface area (Å²) in [6.45, 7) is 0.229. The number of amides is 2. The van der Waals surface area contributed by atoms with Gasteiger partial charge in [0.1, 0.15) is 5.82 Å². The van der Waals surface area contributed by atoms with Crippen molar-refractivity contribution in [1.82, 2.24) is 14.7 Å². The van der Waals surface area contributed by atoms with E-state index >= 15 is 0 Å². The van der Waals surface area contributed by atoms with Crippen LogP contribution in [0.1, 0.15) is 11.1 Å². The van der Waals surface area contributed by atoms with Gasteiger partial charge in [-0.05, 0) is 18.2 Å². The van der Waals surface area contributed by atoms with E-state index in [1.807, 2.05) is 0 Å². The van der Waals surface area contributed by atoms with Gasteiger partial charge in [0.2, 0.25) is 0 Å². The minimum atomic E-state index is -4.83. The van der Waals surface area contributed by atoms with Gasteiger partial charge in [0, 0.05) is 31.5 Å². The second kappa shape index (κ2) is 6.27. The van der Waals surface area contributed by atoms with Crippen molar-refractivity contribution in [2.75, 3.05) is 12.4 Å². The molecule has 0 spiro atoms. The topological polar surface area (TPSA) is 50.2 Å². The maximum absolute atomic E-state index is 13.2. The van der Waals surface area contributed by atoms with Crippen LogP contribution in [0.25, 0.3) is 0 Å². The molecular formula is C14H14F4N4O. The van der Waals surface area contributed by atoms with Crippen LogP contribution < -0.4 is 5.32 Å². The smallest absolute Gasteiger partial charge is 0.323 e. The van der Waals surface area contributed by atoms with Crippen LogP contribution in [0.3, 0.4) is 0 Å². The number of rotatable bonds is 3. The molecule has 0 saturated carbocycles. The number of aromatic nitrogens is 2. The Morgan fingerprint density at radius 3 is 2.65 bits per heavy atom. The van der Waals surface area contributed by atoms with Gasteiger partial charge < -0.3 is 10.2 Å². The number of nitrogens with zero attached hydrogens (tertiary/aromatic N) is 3. The molecule has 0 aliphatic heterocycles. The number of hydrogen-bond acceptors (Lipinski definition) is 2. The molecule has 0 aliphatic rings. The van der Waals surface area contributed by atoms with E-state index in [4.69, 9.17) is 0 Å². The van der Waals surface area contributed by atoms with E-state index in [-0.39, 0.29) is 12.2 Å². The molecule has 1 aromatic heterocycles. The molecule has 23 heavy (non-hydrogen) atoms. The SMILES string of the molecule is CN(Cc1cnn(C)c1)C(=O)Nc1ccc(F)c(C(F)(F)F)c1. The van der Waals surface area contributed by atoms with E-state index in [2.05, 4.69) is 10.4 Å². The Morgan fingerprint density at radius 1 is 1.39 bits per heavy atom. The summed E-state index contributed by atoms with van der Waals surface area (Å²) in [5.74, 6) is -1.39. The third-order valence-electron chi connectivity index (χ3n) is 3.05. The van der Waals surface area contributed by atoms with Gasteiger partial charge in [0.25, 0.3) is 0 Å². The van der Waals surface area contributed by atoms with Crippen LogP contribution >= 0.6 is 0 Å². The van der Waals surface area contributed by atoms with Gasteiger partial charge in [0.05, 0.1) is 18.3 Å². The van der Waals surface area contributed by atoms with Gasteiger partial charge in [-0.25, -0.2) is 9.18 Å². The largest absolute Gasteiger partial charge is 0.419 e. The van der Waals surface area contributed by atoms with E-state index in [1.165, 1.54) is 11.9 Å². The Hall–Kier alpha value is -2.58. The number of benzene rings is 1. The lowest BCUT2D eigenvalue weighted by molar-refractivity contribution is -0.139. The number of alkyl halides is 3. The summed E-state index contributed by atoms with van der Waals surface area (Å²) in [6, 6.07) is 1.68. The first-order valence-corrected chi connectivity index (χ1v) is 6.53. The van der Waals surface area contributed by atoms with Crippen molar-refractivity contribution in [3.05, 3.63) is 47.5 Å². The van der Waals surface area contributed by atoms with Crippen molar-refractivity contribution in [1.29, 1.82) is 0 Å². The molecule has 0 aliphatic carbocycles. The highest BCUT2D eigenvalue weighted by Crippen LogP contribution is 2.33. The highest BCUT2D eigenvalue weighted by atomic mass is 19.4. The standard InChI is InChI=1S/C14H14F4N4O/c1-21(7-9-6-19-22(2)8-9)13(23)20-10-3-4-12(15)11(5-10)14(16,17)18/h3-6,8H,7H2,1-2H3,(H,20,23). The zero-order valence-corrected chi connectivity index (χ0v) is 12.4. The van der Waals surface area contributed by atoms with Crippen LogP contribution in [0.5, 0.6) is 0 Å². The van der Waals surface area contributed by atoms with Gasteiger partial charge in [0.15, 0.2) is 0 Å². The number of anilines is 1. The second-order valence-corrected chi connectivity index (χ2v) is 5.00. The van der Waals surface area contributed by atoms with Gasteiger partial charge in [-0.15, -0.1) is 0 Å². The molecule has 2 rings (SSSR count). The molecule has 1 aromatic carbocycles. The lowest BCUT2D eigenvalue weighted by Gasteiger charge is -2.18. The number of nitrogens with one attached hydrogen (secondary N) is 1. The number of urea groups is 1. The van der Waals surface area contributed by atoms with E-state index in [1.54, 1.807) is 24.1 Å². The van der Waals surface area contributed by atoms with E-state index in [9.17, 15) is 22.4 Å². The predicted molar refractivity (Wildman–Crippen MR) is 75.1 cm³/mol. The number of carbonyl (C=O) groups is 1. The van der Waals surface area contributed by atoms with Gasteiger partial charge >= 0.3 is 12.2 Å². The summed E-state index contributed by atoms with van der Waals surface area (Å²) in [6.07, 6.45) is -1.54. The first-order valence-electron chi connectivity index (χ1n) is 6.53. The van der Waals surface area contributed by atoms with Crippen molar-refractivity contribution in [2.45, 2.75) is 12.7 Å². The molecule has 0 saturated heterocycles. The van der Waals surface area contributed by atoms with Crippen LogP contribution in [-0.4, -0.2) is 27.8 Å². The van der Waals surface area contributed by atoms with Gasteiger partial charge in [-0.2, -0.15) is 18.3 Å². The normalized spacial score (nSPS) is 11.4. The van der Waals surface area contributed by atoms with Crippen molar-refractivity contribution >= 4 is 11.7 Å². The zero-order valence-electron chi connectivity index (χ0n) is 12.4. The average molecular weight is 330 g/mol. The fourth-order valence-corrected chi connectivity index (χ4v) is 1.94. The molecular weight excluding hydrogens is 316 g/mol.